The van der Waals surface area contributed by atoms with E-state index >= 15 is 0 Å². The van der Waals surface area contributed by atoms with Gasteiger partial charge in [0, 0.05) is 17.5 Å². The molecule has 0 aromatic heterocycles. The third-order valence-corrected chi connectivity index (χ3v) is 8.07. The van der Waals surface area contributed by atoms with Crippen molar-refractivity contribution in [3.63, 3.8) is 0 Å². The minimum absolute atomic E-state index is 0.394. The molecule has 0 bridgehead atoms. The normalized spacial score (nSPS) is 26.9. The first-order valence-electron chi connectivity index (χ1n) is 13.2. The highest BCUT2D eigenvalue weighted by atomic mass is 16.5. The van der Waals surface area contributed by atoms with E-state index in [1.54, 1.807) is 37.4 Å². The van der Waals surface area contributed by atoms with Crippen LogP contribution in [0.15, 0.2) is 66.7 Å². The van der Waals surface area contributed by atoms with Crippen molar-refractivity contribution >= 4 is 5.97 Å². The zero-order valence-electron chi connectivity index (χ0n) is 22.4. The molecular formula is C31H35NO7. The van der Waals surface area contributed by atoms with Crippen molar-refractivity contribution in [3.05, 3.63) is 89.0 Å². The van der Waals surface area contributed by atoms with Gasteiger partial charge < -0.3 is 34.9 Å². The highest BCUT2D eigenvalue weighted by molar-refractivity contribution is 5.78. The van der Waals surface area contributed by atoms with E-state index in [1.165, 1.54) is 7.11 Å². The first kappa shape index (κ1) is 27.0. The summed E-state index contributed by atoms with van der Waals surface area (Å²) in [6.45, 7) is 2.92. The zero-order valence-corrected chi connectivity index (χ0v) is 22.4. The van der Waals surface area contributed by atoms with Gasteiger partial charge in [-0.15, -0.1) is 0 Å². The minimum atomic E-state index is -1.99. The van der Waals surface area contributed by atoms with Crippen molar-refractivity contribution in [3.8, 4) is 17.2 Å². The number of esters is 1. The van der Waals surface area contributed by atoms with Crippen molar-refractivity contribution in [1.29, 1.82) is 0 Å². The molecule has 0 unspecified atom stereocenters. The van der Waals surface area contributed by atoms with Gasteiger partial charge in [0.15, 0.2) is 11.2 Å². The van der Waals surface area contributed by atoms with Crippen molar-refractivity contribution < 1.29 is 34.0 Å². The molecule has 1 aliphatic heterocycles. The molecule has 0 spiro atoms. The summed E-state index contributed by atoms with van der Waals surface area (Å²) in [4.78, 5) is 13.3. The topological polar surface area (TPSA) is 120 Å². The Morgan fingerprint density at radius 1 is 1.03 bits per heavy atom. The first-order chi connectivity index (χ1) is 18.8. The molecule has 3 aromatic rings. The lowest BCUT2D eigenvalue weighted by Crippen LogP contribution is -2.52. The van der Waals surface area contributed by atoms with Crippen LogP contribution in [-0.2, 0) is 20.7 Å². The van der Waals surface area contributed by atoms with Crippen LogP contribution >= 0.6 is 0 Å². The number of benzene rings is 3. The van der Waals surface area contributed by atoms with Gasteiger partial charge in [0.25, 0.3) is 0 Å². The zero-order chi connectivity index (χ0) is 27.8. The van der Waals surface area contributed by atoms with Crippen LogP contribution in [0.25, 0.3) is 0 Å². The van der Waals surface area contributed by atoms with E-state index in [4.69, 9.17) is 24.7 Å². The fourth-order valence-corrected chi connectivity index (χ4v) is 6.41. The second-order valence-electron chi connectivity index (χ2n) is 10.2. The molecule has 0 saturated heterocycles. The van der Waals surface area contributed by atoms with Crippen LogP contribution in [0.1, 0.15) is 41.0 Å². The number of nitrogens with two attached hydrogens (primary N) is 1. The van der Waals surface area contributed by atoms with Crippen LogP contribution < -0.4 is 19.9 Å². The van der Waals surface area contributed by atoms with Gasteiger partial charge in [0.1, 0.15) is 23.4 Å². The third-order valence-electron chi connectivity index (χ3n) is 8.07. The molecule has 5 rings (SSSR count). The number of methoxy groups -OCH3 is 2. The molecule has 1 aliphatic carbocycles. The Bertz CT molecular complexity index is 1330. The van der Waals surface area contributed by atoms with Crippen molar-refractivity contribution in [2.75, 3.05) is 27.4 Å². The number of carbonyl (C=O) groups is 1. The summed E-state index contributed by atoms with van der Waals surface area (Å²) < 4.78 is 23.4. The van der Waals surface area contributed by atoms with Gasteiger partial charge in [-0.2, -0.15) is 0 Å². The summed E-state index contributed by atoms with van der Waals surface area (Å²) in [7, 11) is 2.85. The molecule has 8 heteroatoms. The predicted octanol–water partition coefficient (Wildman–Crippen LogP) is 3.54. The van der Waals surface area contributed by atoms with Crippen LogP contribution in [0.3, 0.4) is 0 Å². The van der Waals surface area contributed by atoms with E-state index in [0.29, 0.717) is 47.1 Å². The molecule has 206 valence electrons. The Labute approximate surface area is 228 Å². The van der Waals surface area contributed by atoms with E-state index in [0.717, 1.165) is 18.4 Å². The summed E-state index contributed by atoms with van der Waals surface area (Å²) >= 11 is 0. The maximum absolute atomic E-state index is 13.3. The summed E-state index contributed by atoms with van der Waals surface area (Å²) in [6.07, 6.45) is 0.122. The van der Waals surface area contributed by atoms with E-state index in [1.807, 2.05) is 43.3 Å². The Hall–Kier alpha value is -3.59. The number of rotatable bonds is 9. The Balaban J connectivity index is 1.74. The minimum Gasteiger partial charge on any atom is -0.497 e. The van der Waals surface area contributed by atoms with Crippen molar-refractivity contribution in [2.45, 2.75) is 43.0 Å². The fourth-order valence-electron chi connectivity index (χ4n) is 6.41. The van der Waals surface area contributed by atoms with Gasteiger partial charge in [0.05, 0.1) is 26.7 Å². The summed E-state index contributed by atoms with van der Waals surface area (Å²) in [5.74, 6) is -0.922. The van der Waals surface area contributed by atoms with E-state index in [-0.39, 0.29) is 0 Å². The third kappa shape index (κ3) is 4.06. The molecule has 0 amide bonds. The molecule has 39 heavy (non-hydrogen) atoms. The highest BCUT2D eigenvalue weighted by Gasteiger charge is 2.77. The maximum Gasteiger partial charge on any atom is 0.312 e. The van der Waals surface area contributed by atoms with Crippen molar-refractivity contribution in [1.82, 2.24) is 0 Å². The number of hydrogen-bond donors (Lipinski definition) is 3. The van der Waals surface area contributed by atoms with Crippen LogP contribution in [0, 0.1) is 12.8 Å². The number of unbranched alkanes of at least 4 members (excludes halogenated alkanes) is 1. The second-order valence-corrected chi connectivity index (χ2v) is 10.2. The molecule has 1 saturated carbocycles. The Morgan fingerprint density at radius 3 is 2.38 bits per heavy atom. The first-order valence-corrected chi connectivity index (χ1v) is 13.2. The molecule has 1 fully saturated rings. The second kappa shape index (κ2) is 10.5. The molecule has 4 N–H and O–H groups in total. The molecule has 3 aromatic carbocycles. The molecular weight excluding hydrogens is 498 g/mol. The lowest BCUT2D eigenvalue weighted by molar-refractivity contribution is -0.161. The number of aryl methyl sites for hydroxylation is 1. The number of ether oxygens (including phenoxy) is 4. The number of aliphatic hydroxyl groups is 2. The van der Waals surface area contributed by atoms with Gasteiger partial charge in [0.2, 0.25) is 0 Å². The van der Waals surface area contributed by atoms with Gasteiger partial charge in [-0.05, 0) is 61.2 Å². The Morgan fingerprint density at radius 2 is 1.74 bits per heavy atom. The quantitative estimate of drug-likeness (QED) is 0.282. The largest absolute Gasteiger partial charge is 0.497 e. The van der Waals surface area contributed by atoms with Gasteiger partial charge in [-0.25, -0.2) is 0 Å². The van der Waals surface area contributed by atoms with Crippen molar-refractivity contribution in [2.24, 2.45) is 11.7 Å². The van der Waals surface area contributed by atoms with Crippen LogP contribution in [-0.4, -0.2) is 49.7 Å². The average Bonchev–Trinajstić information content (AvgIpc) is 3.33. The van der Waals surface area contributed by atoms with Gasteiger partial charge in [-0.1, -0.05) is 42.5 Å². The average molecular weight is 534 g/mol. The lowest BCUT2D eigenvalue weighted by atomic mass is 9.70. The van der Waals surface area contributed by atoms with E-state index in [2.05, 4.69) is 0 Å². The lowest BCUT2D eigenvalue weighted by Gasteiger charge is -2.41. The molecule has 5 atom stereocenters. The van der Waals surface area contributed by atoms with Gasteiger partial charge in [-0.3, -0.25) is 4.79 Å². The summed E-state index contributed by atoms with van der Waals surface area (Å²) in [6, 6.07) is 20.0. The number of aliphatic hydroxyl groups excluding tert-OH is 1. The SMILES string of the molecule is COC(=O)[C@@H]1[C@H](O)[C@]2(O)c3c(C)cc(OCCCCN)cc3O[C@]2(c2ccc(OC)cc2)[C@H]1c1ccccc1. The summed E-state index contributed by atoms with van der Waals surface area (Å²) in [5.41, 5.74) is 4.47. The van der Waals surface area contributed by atoms with Crippen LogP contribution in [0.2, 0.25) is 0 Å². The maximum atomic E-state index is 13.3. The van der Waals surface area contributed by atoms with Gasteiger partial charge >= 0.3 is 5.97 Å². The predicted molar refractivity (Wildman–Crippen MR) is 145 cm³/mol. The van der Waals surface area contributed by atoms with E-state index in [9.17, 15) is 15.0 Å². The smallest absolute Gasteiger partial charge is 0.312 e. The fraction of sp³-hybridized carbons (Fsp3) is 0.387. The molecule has 1 heterocycles. The summed E-state index contributed by atoms with van der Waals surface area (Å²) in [5, 5.41) is 24.7. The molecule has 2 aliphatic rings. The standard InChI is InChI=1S/C31H35NO7/c1-19-17-23(38-16-8-7-15-32)18-24-26(19)30(35)28(33)25(29(34)37-3)27(20-9-5-4-6-10-20)31(30,39-24)21-11-13-22(36-2)14-12-21/h4-6,9-14,17-18,25,27-28,33,35H,7-8,15-16,32H2,1-3H3/t25-,27-,28-,30+,31+/m0/s1. The molecule has 0 radical (unpaired) electrons. The van der Waals surface area contributed by atoms with Crippen LogP contribution in [0.5, 0.6) is 17.2 Å². The monoisotopic (exact) mass is 533 g/mol. The highest BCUT2D eigenvalue weighted by Crippen LogP contribution is 2.69. The number of hydrogen-bond acceptors (Lipinski definition) is 8. The number of carbonyl (C=O) groups excluding carboxylic acids is 1. The van der Waals surface area contributed by atoms with E-state index < -0.39 is 35.1 Å². The number of fused-ring (bicyclic) bond motifs is 3. The molecule has 8 nitrogen and oxygen atoms in total. The Kier molecular flexibility index (Phi) is 7.29. The van der Waals surface area contributed by atoms with Crippen LogP contribution in [0.4, 0.5) is 0 Å².